The lowest BCUT2D eigenvalue weighted by molar-refractivity contribution is -0.117. The Morgan fingerprint density at radius 2 is 2.07 bits per heavy atom. The summed E-state index contributed by atoms with van der Waals surface area (Å²) in [6, 6.07) is 11.8. The highest BCUT2D eigenvalue weighted by molar-refractivity contribution is 5.75. The van der Waals surface area contributed by atoms with Gasteiger partial charge in [0.1, 0.15) is 5.78 Å². The third kappa shape index (κ3) is 3.02. The average Bonchev–Trinajstić information content (AvgIpc) is 2.20. The van der Waals surface area contributed by atoms with Crippen LogP contribution >= 0.6 is 0 Å². The van der Waals surface area contributed by atoms with E-state index in [9.17, 15) is 4.79 Å². The average molecular weight is 187 g/mol. The zero-order valence-corrected chi connectivity index (χ0v) is 8.23. The Balaban J connectivity index is 2.65. The predicted molar refractivity (Wildman–Crippen MR) is 54.7 cm³/mol. The van der Waals surface area contributed by atoms with Gasteiger partial charge in [-0.15, -0.1) is 0 Å². The third-order valence-electron chi connectivity index (χ3n) is 2.14. The van der Waals surface area contributed by atoms with Crippen molar-refractivity contribution in [2.45, 2.75) is 25.7 Å². The second kappa shape index (κ2) is 5.18. The molecule has 0 aliphatic rings. The summed E-state index contributed by atoms with van der Waals surface area (Å²) in [5.74, 6) is -0.0127. The molecule has 0 saturated heterocycles. The Hall–Kier alpha value is -1.62. The summed E-state index contributed by atoms with van der Waals surface area (Å²) in [6.07, 6.45) is 1.10. The van der Waals surface area contributed by atoms with E-state index < -0.39 is 0 Å². The van der Waals surface area contributed by atoms with Gasteiger partial charge in [0.2, 0.25) is 0 Å². The number of nitrogens with zero attached hydrogens (tertiary/aromatic N) is 1. The Labute approximate surface area is 84.2 Å². The van der Waals surface area contributed by atoms with E-state index >= 15 is 0 Å². The first kappa shape index (κ1) is 10.5. The van der Waals surface area contributed by atoms with Crippen LogP contribution in [0.15, 0.2) is 30.3 Å². The molecule has 72 valence electrons. The molecular formula is C12H13NO. The van der Waals surface area contributed by atoms with Crippen LogP contribution in [0.25, 0.3) is 0 Å². The van der Waals surface area contributed by atoms with E-state index in [0.29, 0.717) is 12.8 Å². The molecule has 2 heteroatoms. The van der Waals surface area contributed by atoms with Crippen LogP contribution < -0.4 is 0 Å². The number of hydrogen-bond donors (Lipinski definition) is 0. The highest BCUT2D eigenvalue weighted by atomic mass is 16.1. The SMILES string of the molecule is CC(=O)CC[C@@H](C#N)c1ccccc1. The molecule has 1 atom stereocenters. The Bertz CT molecular complexity index is 337. The van der Waals surface area contributed by atoms with Gasteiger partial charge in [-0.25, -0.2) is 0 Å². The van der Waals surface area contributed by atoms with Crippen molar-refractivity contribution in [2.75, 3.05) is 0 Å². The second-order valence-electron chi connectivity index (χ2n) is 3.33. The molecule has 0 aliphatic heterocycles. The van der Waals surface area contributed by atoms with Crippen LogP contribution in [0.4, 0.5) is 0 Å². The van der Waals surface area contributed by atoms with Gasteiger partial charge < -0.3 is 4.79 Å². The van der Waals surface area contributed by atoms with Crippen molar-refractivity contribution in [1.29, 1.82) is 5.26 Å². The summed E-state index contributed by atoms with van der Waals surface area (Å²) < 4.78 is 0. The van der Waals surface area contributed by atoms with Crippen molar-refractivity contribution in [3.05, 3.63) is 35.9 Å². The van der Waals surface area contributed by atoms with Crippen LogP contribution in [0.3, 0.4) is 0 Å². The molecule has 0 amide bonds. The molecule has 0 saturated carbocycles. The molecule has 0 heterocycles. The van der Waals surface area contributed by atoms with Crippen molar-refractivity contribution in [3.8, 4) is 6.07 Å². The molecular weight excluding hydrogens is 174 g/mol. The van der Waals surface area contributed by atoms with Gasteiger partial charge in [-0.1, -0.05) is 30.3 Å². The number of nitriles is 1. The first-order valence-electron chi connectivity index (χ1n) is 4.68. The molecule has 0 bridgehead atoms. The molecule has 1 rings (SSSR count). The van der Waals surface area contributed by atoms with Crippen molar-refractivity contribution < 1.29 is 4.79 Å². The van der Waals surface area contributed by atoms with E-state index in [1.165, 1.54) is 0 Å². The lowest BCUT2D eigenvalue weighted by atomic mass is 9.95. The van der Waals surface area contributed by atoms with Crippen LogP contribution in [0.5, 0.6) is 0 Å². The van der Waals surface area contributed by atoms with E-state index in [1.807, 2.05) is 30.3 Å². The molecule has 1 aromatic rings. The fourth-order valence-electron chi connectivity index (χ4n) is 1.34. The van der Waals surface area contributed by atoms with E-state index in [2.05, 4.69) is 6.07 Å². The topological polar surface area (TPSA) is 40.9 Å². The monoisotopic (exact) mass is 187 g/mol. The van der Waals surface area contributed by atoms with E-state index in [0.717, 1.165) is 5.56 Å². The lowest BCUT2D eigenvalue weighted by Gasteiger charge is -2.07. The number of rotatable bonds is 4. The molecule has 0 radical (unpaired) electrons. The maximum absolute atomic E-state index is 10.8. The van der Waals surface area contributed by atoms with Crippen molar-refractivity contribution >= 4 is 5.78 Å². The summed E-state index contributed by atoms with van der Waals surface area (Å²) >= 11 is 0. The minimum absolute atomic E-state index is 0.140. The van der Waals surface area contributed by atoms with Gasteiger partial charge in [-0.2, -0.15) is 5.26 Å². The van der Waals surface area contributed by atoms with Crippen molar-refractivity contribution in [1.82, 2.24) is 0 Å². The van der Waals surface area contributed by atoms with E-state index in [-0.39, 0.29) is 11.7 Å². The first-order valence-corrected chi connectivity index (χ1v) is 4.68. The zero-order valence-electron chi connectivity index (χ0n) is 8.23. The van der Waals surface area contributed by atoms with Gasteiger partial charge in [-0.3, -0.25) is 0 Å². The summed E-state index contributed by atoms with van der Waals surface area (Å²) in [5.41, 5.74) is 0.997. The zero-order chi connectivity index (χ0) is 10.4. The lowest BCUT2D eigenvalue weighted by Crippen LogP contribution is -1.99. The van der Waals surface area contributed by atoms with Crippen molar-refractivity contribution in [3.63, 3.8) is 0 Å². The maximum Gasteiger partial charge on any atom is 0.129 e. The summed E-state index contributed by atoms with van der Waals surface area (Å²) in [6.45, 7) is 1.55. The summed E-state index contributed by atoms with van der Waals surface area (Å²) in [7, 11) is 0. The molecule has 0 spiro atoms. The van der Waals surface area contributed by atoms with E-state index in [1.54, 1.807) is 6.92 Å². The number of benzene rings is 1. The fraction of sp³-hybridized carbons (Fsp3) is 0.333. The van der Waals surface area contributed by atoms with Gasteiger partial charge in [-0.05, 0) is 18.9 Å². The smallest absolute Gasteiger partial charge is 0.129 e. The number of ketones is 1. The number of Topliss-reactive ketones (excluding diaryl/α,β-unsaturated/α-hetero) is 1. The van der Waals surface area contributed by atoms with Crippen LogP contribution in [-0.2, 0) is 4.79 Å². The highest BCUT2D eigenvalue weighted by Gasteiger charge is 2.10. The van der Waals surface area contributed by atoms with Gasteiger partial charge >= 0.3 is 0 Å². The normalized spacial score (nSPS) is 11.7. The fourth-order valence-corrected chi connectivity index (χ4v) is 1.34. The number of carbonyl (C=O) groups excluding carboxylic acids is 1. The van der Waals surface area contributed by atoms with Crippen molar-refractivity contribution in [2.24, 2.45) is 0 Å². The highest BCUT2D eigenvalue weighted by Crippen LogP contribution is 2.19. The van der Waals surface area contributed by atoms with Crippen LogP contribution in [0.2, 0.25) is 0 Å². The summed E-state index contributed by atoms with van der Waals surface area (Å²) in [4.78, 5) is 10.8. The van der Waals surface area contributed by atoms with E-state index in [4.69, 9.17) is 5.26 Å². The molecule has 14 heavy (non-hydrogen) atoms. The van der Waals surface area contributed by atoms with Crippen LogP contribution in [-0.4, -0.2) is 5.78 Å². The number of hydrogen-bond acceptors (Lipinski definition) is 2. The largest absolute Gasteiger partial charge is 0.300 e. The van der Waals surface area contributed by atoms with Crippen LogP contribution in [0, 0.1) is 11.3 Å². The molecule has 0 N–H and O–H groups in total. The molecule has 0 aliphatic carbocycles. The van der Waals surface area contributed by atoms with Gasteiger partial charge in [0.05, 0.1) is 12.0 Å². The Morgan fingerprint density at radius 1 is 1.43 bits per heavy atom. The second-order valence-corrected chi connectivity index (χ2v) is 3.33. The number of carbonyl (C=O) groups is 1. The maximum atomic E-state index is 10.8. The minimum atomic E-state index is -0.153. The third-order valence-corrected chi connectivity index (χ3v) is 2.14. The summed E-state index contributed by atoms with van der Waals surface area (Å²) in [5, 5.41) is 8.93. The van der Waals surface area contributed by atoms with Gasteiger partial charge in [0.15, 0.2) is 0 Å². The Kier molecular flexibility index (Phi) is 3.87. The molecule has 1 aromatic carbocycles. The van der Waals surface area contributed by atoms with Gasteiger partial charge in [0.25, 0.3) is 0 Å². The molecule has 2 nitrogen and oxygen atoms in total. The molecule has 0 unspecified atom stereocenters. The van der Waals surface area contributed by atoms with Gasteiger partial charge in [0, 0.05) is 6.42 Å². The first-order chi connectivity index (χ1) is 6.74. The molecule has 0 fully saturated rings. The molecule has 0 aromatic heterocycles. The van der Waals surface area contributed by atoms with Crippen LogP contribution in [0.1, 0.15) is 31.2 Å². The Morgan fingerprint density at radius 3 is 2.57 bits per heavy atom. The predicted octanol–water partition coefficient (Wildman–Crippen LogP) is 2.66. The standard InChI is InChI=1S/C12H13NO/c1-10(14)7-8-12(9-13)11-5-3-2-4-6-11/h2-6,12H,7-8H2,1H3/t12-/m0/s1. The minimum Gasteiger partial charge on any atom is -0.300 e. The quantitative estimate of drug-likeness (QED) is 0.727.